The van der Waals surface area contributed by atoms with Gasteiger partial charge in [0.15, 0.2) is 0 Å². The highest BCUT2D eigenvalue weighted by Gasteiger charge is 2.33. The van der Waals surface area contributed by atoms with Gasteiger partial charge in [-0.25, -0.2) is 8.42 Å². The van der Waals surface area contributed by atoms with Crippen LogP contribution < -0.4 is 9.62 Å². The van der Waals surface area contributed by atoms with Crippen LogP contribution in [-0.2, 0) is 26.2 Å². The Hall–Kier alpha value is -3.65. The summed E-state index contributed by atoms with van der Waals surface area (Å²) in [7, 11) is -4.08. The third kappa shape index (κ3) is 7.55. The standard InChI is InChI=1S/C33H41N3O4S/c1-24-16-19-28(20-17-24)22-35(27(4)33(38)34-29-11-7-5-8-12-29)32(37)23-36(31-21-25(2)15-18-26(31)3)41(39,40)30-13-9-6-10-14-30/h6,9-10,13-21,27,29H,5,7-8,11-12,22-23H2,1-4H3,(H,34,38). The van der Waals surface area contributed by atoms with E-state index in [2.05, 4.69) is 5.32 Å². The molecule has 1 aliphatic rings. The van der Waals surface area contributed by atoms with E-state index in [1.807, 2.05) is 57.2 Å². The Kier molecular flexibility index (Phi) is 9.86. The molecule has 0 heterocycles. The van der Waals surface area contributed by atoms with Gasteiger partial charge in [-0.1, -0.05) is 79.4 Å². The second kappa shape index (κ2) is 13.3. The summed E-state index contributed by atoms with van der Waals surface area (Å²) >= 11 is 0. The van der Waals surface area contributed by atoms with E-state index in [0.29, 0.717) is 5.69 Å². The van der Waals surface area contributed by atoms with E-state index in [0.717, 1.165) is 47.9 Å². The Bertz CT molecular complexity index is 1450. The van der Waals surface area contributed by atoms with E-state index in [-0.39, 0.29) is 23.4 Å². The zero-order valence-corrected chi connectivity index (χ0v) is 25.3. The minimum absolute atomic E-state index is 0.0972. The van der Waals surface area contributed by atoms with Crippen LogP contribution in [0.15, 0.2) is 77.7 Å². The first-order chi connectivity index (χ1) is 19.6. The van der Waals surface area contributed by atoms with Crippen molar-refractivity contribution in [1.82, 2.24) is 10.2 Å². The van der Waals surface area contributed by atoms with Gasteiger partial charge < -0.3 is 10.2 Å². The lowest BCUT2D eigenvalue weighted by atomic mass is 9.95. The van der Waals surface area contributed by atoms with Gasteiger partial charge in [0.05, 0.1) is 10.6 Å². The van der Waals surface area contributed by atoms with Gasteiger partial charge in [0.2, 0.25) is 11.8 Å². The van der Waals surface area contributed by atoms with Crippen molar-refractivity contribution < 1.29 is 18.0 Å². The van der Waals surface area contributed by atoms with Crippen LogP contribution in [0.5, 0.6) is 0 Å². The summed E-state index contributed by atoms with van der Waals surface area (Å²) in [5.41, 5.74) is 4.01. The largest absolute Gasteiger partial charge is 0.352 e. The third-order valence-corrected chi connectivity index (χ3v) is 9.61. The molecule has 0 bridgehead atoms. The maximum Gasteiger partial charge on any atom is 0.264 e. The Balaban J connectivity index is 1.69. The first-order valence-corrected chi connectivity index (χ1v) is 15.8. The highest BCUT2D eigenvalue weighted by molar-refractivity contribution is 7.92. The number of aryl methyl sites for hydroxylation is 3. The summed E-state index contributed by atoms with van der Waals surface area (Å²) in [4.78, 5) is 29.2. The number of amides is 2. The van der Waals surface area contributed by atoms with Crippen molar-refractivity contribution in [3.63, 3.8) is 0 Å². The number of rotatable bonds is 10. The number of carbonyl (C=O) groups is 2. The monoisotopic (exact) mass is 575 g/mol. The van der Waals surface area contributed by atoms with E-state index in [9.17, 15) is 18.0 Å². The SMILES string of the molecule is Cc1ccc(CN(C(=O)CN(c2cc(C)ccc2C)S(=O)(=O)c2ccccc2)C(C)C(=O)NC2CCCCC2)cc1. The molecule has 7 nitrogen and oxygen atoms in total. The fraction of sp³-hybridized carbons (Fsp3) is 0.394. The van der Waals surface area contributed by atoms with E-state index in [1.54, 1.807) is 31.2 Å². The van der Waals surface area contributed by atoms with Gasteiger partial charge in [-0.2, -0.15) is 0 Å². The number of sulfonamides is 1. The molecule has 1 saturated carbocycles. The summed E-state index contributed by atoms with van der Waals surface area (Å²) in [5.74, 6) is -0.668. The molecule has 3 aromatic carbocycles. The van der Waals surface area contributed by atoms with Crippen molar-refractivity contribution in [1.29, 1.82) is 0 Å². The third-order valence-electron chi connectivity index (χ3n) is 7.84. The summed E-state index contributed by atoms with van der Waals surface area (Å²) < 4.78 is 29.2. The van der Waals surface area contributed by atoms with E-state index in [1.165, 1.54) is 27.8 Å². The summed E-state index contributed by atoms with van der Waals surface area (Å²) in [6.07, 6.45) is 5.19. The number of hydrogen-bond donors (Lipinski definition) is 1. The van der Waals surface area contributed by atoms with Crippen LogP contribution in [0.3, 0.4) is 0 Å². The topological polar surface area (TPSA) is 86.8 Å². The number of carbonyl (C=O) groups excluding carboxylic acids is 2. The fourth-order valence-corrected chi connectivity index (χ4v) is 6.75. The molecular weight excluding hydrogens is 534 g/mol. The van der Waals surface area contributed by atoms with Crippen LogP contribution in [0, 0.1) is 20.8 Å². The van der Waals surface area contributed by atoms with Crippen LogP contribution in [-0.4, -0.2) is 43.8 Å². The minimum Gasteiger partial charge on any atom is -0.352 e. The Morgan fingerprint density at radius 2 is 1.51 bits per heavy atom. The van der Waals surface area contributed by atoms with Crippen LogP contribution in [0.1, 0.15) is 61.3 Å². The van der Waals surface area contributed by atoms with Crippen molar-refractivity contribution in [2.45, 2.75) is 83.3 Å². The predicted octanol–water partition coefficient (Wildman–Crippen LogP) is 5.67. The molecule has 0 aliphatic heterocycles. The van der Waals surface area contributed by atoms with Gasteiger partial charge in [0.25, 0.3) is 10.0 Å². The van der Waals surface area contributed by atoms with Gasteiger partial charge >= 0.3 is 0 Å². The molecule has 0 radical (unpaired) electrons. The first kappa shape index (κ1) is 30.3. The van der Waals surface area contributed by atoms with E-state index in [4.69, 9.17) is 0 Å². The second-order valence-electron chi connectivity index (χ2n) is 11.1. The zero-order valence-electron chi connectivity index (χ0n) is 24.5. The number of nitrogens with one attached hydrogen (secondary N) is 1. The second-order valence-corrected chi connectivity index (χ2v) is 13.0. The summed E-state index contributed by atoms with van der Waals surface area (Å²) in [5, 5.41) is 3.14. The van der Waals surface area contributed by atoms with Crippen LogP contribution in [0.25, 0.3) is 0 Å². The molecule has 2 amide bonds. The van der Waals surface area contributed by atoms with Crippen LogP contribution in [0.4, 0.5) is 5.69 Å². The highest BCUT2D eigenvalue weighted by Crippen LogP contribution is 2.28. The molecule has 41 heavy (non-hydrogen) atoms. The highest BCUT2D eigenvalue weighted by atomic mass is 32.2. The Morgan fingerprint density at radius 1 is 0.878 bits per heavy atom. The minimum atomic E-state index is -4.08. The van der Waals surface area contributed by atoms with Crippen molar-refractivity contribution in [2.75, 3.05) is 10.8 Å². The van der Waals surface area contributed by atoms with Crippen molar-refractivity contribution >= 4 is 27.5 Å². The van der Waals surface area contributed by atoms with Gasteiger partial charge in [-0.3, -0.25) is 13.9 Å². The van der Waals surface area contributed by atoms with Crippen molar-refractivity contribution in [3.05, 3.63) is 95.1 Å². The predicted molar refractivity (Wildman–Crippen MR) is 163 cm³/mol. The maximum absolute atomic E-state index is 14.2. The summed E-state index contributed by atoms with van der Waals surface area (Å²) in [6, 6.07) is 20.8. The van der Waals surface area contributed by atoms with Gasteiger partial charge in [0, 0.05) is 12.6 Å². The van der Waals surface area contributed by atoms with E-state index >= 15 is 0 Å². The normalized spacial score (nSPS) is 14.7. The molecule has 1 unspecified atom stereocenters. The Morgan fingerprint density at radius 3 is 2.17 bits per heavy atom. The molecule has 1 atom stereocenters. The molecule has 0 aromatic heterocycles. The molecule has 3 aromatic rings. The number of anilines is 1. The lowest BCUT2D eigenvalue weighted by Gasteiger charge is -2.33. The molecule has 218 valence electrons. The van der Waals surface area contributed by atoms with Crippen molar-refractivity contribution in [3.8, 4) is 0 Å². The lowest BCUT2D eigenvalue weighted by Crippen LogP contribution is -2.53. The number of nitrogens with zero attached hydrogens (tertiary/aromatic N) is 2. The summed E-state index contributed by atoms with van der Waals surface area (Å²) in [6.45, 7) is 7.18. The number of hydrogen-bond acceptors (Lipinski definition) is 4. The van der Waals surface area contributed by atoms with Crippen LogP contribution in [0.2, 0.25) is 0 Å². The zero-order chi connectivity index (χ0) is 29.6. The Labute approximate surface area is 244 Å². The fourth-order valence-electron chi connectivity index (χ4n) is 5.26. The molecule has 4 rings (SSSR count). The van der Waals surface area contributed by atoms with Gasteiger partial charge in [0.1, 0.15) is 12.6 Å². The molecule has 0 spiro atoms. The average molecular weight is 576 g/mol. The maximum atomic E-state index is 14.2. The molecule has 1 aliphatic carbocycles. The lowest BCUT2D eigenvalue weighted by molar-refractivity contribution is -0.139. The molecule has 8 heteroatoms. The quantitative estimate of drug-likeness (QED) is 0.337. The van der Waals surface area contributed by atoms with Gasteiger partial charge in [-0.05, 0) is 75.4 Å². The molecule has 1 fully saturated rings. The van der Waals surface area contributed by atoms with Crippen LogP contribution >= 0.6 is 0 Å². The molecule has 1 N–H and O–H groups in total. The smallest absolute Gasteiger partial charge is 0.264 e. The molecule has 0 saturated heterocycles. The average Bonchev–Trinajstić information content (AvgIpc) is 2.97. The van der Waals surface area contributed by atoms with Gasteiger partial charge in [-0.15, -0.1) is 0 Å². The van der Waals surface area contributed by atoms with Crippen molar-refractivity contribution in [2.24, 2.45) is 0 Å². The first-order valence-electron chi connectivity index (χ1n) is 14.4. The number of benzene rings is 3. The molecular formula is C33H41N3O4S. The van der Waals surface area contributed by atoms with E-state index < -0.39 is 28.5 Å².